The Balaban J connectivity index is -0.0000000620. The van der Waals surface area contributed by atoms with Crippen molar-refractivity contribution in [1.29, 1.82) is 0 Å². The number of halogens is 2. The number of alkyl halides is 2. The van der Waals surface area contributed by atoms with Crippen LogP contribution in [-0.2, 0) is 19.2 Å². The van der Waals surface area contributed by atoms with E-state index >= 15 is 0 Å². The molecule has 0 aliphatic carbocycles. The predicted octanol–water partition coefficient (Wildman–Crippen LogP) is -1.14. The van der Waals surface area contributed by atoms with Crippen molar-refractivity contribution in [3.05, 3.63) is 24.3 Å². The van der Waals surface area contributed by atoms with Crippen LogP contribution in [0.1, 0.15) is 13.8 Å². The molecule has 8 nitrogen and oxygen atoms in total. The Bertz CT molecular complexity index is 348. The number of hydrogen-bond donors (Lipinski definition) is 2. The van der Waals surface area contributed by atoms with Crippen LogP contribution in [0.4, 0.5) is 0 Å². The smallest absolute Gasteiger partial charge is 0.549 e. The largest absolute Gasteiger partial charge is 2.00 e. The number of carbonyl (C=O) groups excluding carboxylic acids is 2. The molecule has 0 heterocycles. The maximum Gasteiger partial charge on any atom is 2.00 e. The third kappa shape index (κ3) is 63.2. The summed E-state index contributed by atoms with van der Waals surface area (Å²) >= 11 is 9.35. The predicted molar refractivity (Wildman–Crippen MR) is 82.1 cm³/mol. The van der Waals surface area contributed by atoms with Gasteiger partial charge >= 0.3 is 35.0 Å². The molecule has 0 bridgehead atoms. The fourth-order valence-corrected chi connectivity index (χ4v) is 0. The second kappa shape index (κ2) is 23.0. The Morgan fingerprint density at radius 1 is 0.826 bits per heavy atom. The fourth-order valence-electron chi connectivity index (χ4n) is 0. The molecule has 0 atom stereocenters. The van der Waals surface area contributed by atoms with Gasteiger partial charge in [-0.1, -0.05) is 13.2 Å². The summed E-state index contributed by atoms with van der Waals surface area (Å²) in [4.78, 5) is 37.4. The summed E-state index contributed by atoms with van der Waals surface area (Å²) in [6.07, 6.45) is 0. The maximum atomic E-state index is 9.60. The number of aliphatic carboxylic acids is 4. The van der Waals surface area contributed by atoms with Gasteiger partial charge < -0.3 is 30.0 Å². The van der Waals surface area contributed by atoms with E-state index in [9.17, 15) is 9.59 Å². The van der Waals surface area contributed by atoms with Crippen LogP contribution in [0.3, 0.4) is 0 Å². The van der Waals surface area contributed by atoms with Crippen molar-refractivity contribution in [2.75, 3.05) is 11.8 Å². The summed E-state index contributed by atoms with van der Waals surface area (Å²) < 4.78 is 0. The molecule has 0 saturated carbocycles. The molecule has 0 rings (SSSR count). The summed E-state index contributed by atoms with van der Waals surface area (Å²) in [7, 11) is 0. The molecule has 0 aromatic rings. The Morgan fingerprint density at radius 2 is 0.913 bits per heavy atom. The van der Waals surface area contributed by atoms with Crippen molar-refractivity contribution in [1.82, 2.24) is 0 Å². The number of hydrogen-bond acceptors (Lipinski definition) is 6. The number of rotatable bonds is 4. The van der Waals surface area contributed by atoms with Crippen LogP contribution < -0.4 is 10.2 Å². The van der Waals surface area contributed by atoms with Gasteiger partial charge in [-0.3, -0.25) is 0 Å². The minimum absolute atomic E-state index is 0. The second-order valence-corrected chi connectivity index (χ2v) is 3.72. The van der Waals surface area contributed by atoms with E-state index in [2.05, 4.69) is 36.4 Å². The summed E-state index contributed by atoms with van der Waals surface area (Å²) in [5.41, 5.74) is 0.352. The van der Waals surface area contributed by atoms with E-state index in [1.807, 2.05) is 0 Å². The molecule has 0 aliphatic heterocycles. The third-order valence-corrected chi connectivity index (χ3v) is 1.38. The van der Waals surface area contributed by atoms with Crippen LogP contribution in [0.25, 0.3) is 0 Å². The first-order valence-electron chi connectivity index (χ1n) is 5.12. The van der Waals surface area contributed by atoms with Crippen LogP contribution in [0, 0.1) is 0 Å². The Morgan fingerprint density at radius 3 is 0.913 bits per heavy atom. The Labute approximate surface area is 159 Å². The zero-order valence-electron chi connectivity index (χ0n) is 12.6. The SMILES string of the molecule is C=C(C)C(=O)O.C=C(C)C(=O)O.O=C([O-])CCl.O=C([O-])CCl.[Mg+2]. The Hall–Kier alpha value is -1.29. The molecule has 0 radical (unpaired) electrons. The van der Waals surface area contributed by atoms with E-state index in [4.69, 9.17) is 30.0 Å². The van der Waals surface area contributed by atoms with Gasteiger partial charge in [-0.2, -0.15) is 0 Å². The number of carbonyl (C=O) groups is 4. The van der Waals surface area contributed by atoms with Gasteiger partial charge in [0.15, 0.2) is 0 Å². The number of carboxylic acids is 4. The molecule has 23 heavy (non-hydrogen) atoms. The van der Waals surface area contributed by atoms with Crippen molar-refractivity contribution in [2.45, 2.75) is 13.8 Å². The molecule has 0 aromatic heterocycles. The first-order chi connectivity index (χ1) is 9.83. The maximum absolute atomic E-state index is 9.60. The van der Waals surface area contributed by atoms with Crippen molar-refractivity contribution in [3.63, 3.8) is 0 Å². The quantitative estimate of drug-likeness (QED) is 0.351. The van der Waals surface area contributed by atoms with Gasteiger partial charge in [0, 0.05) is 11.1 Å². The summed E-state index contributed by atoms with van der Waals surface area (Å²) in [6.45, 7) is 9.20. The monoisotopic (exact) mass is 382 g/mol. The van der Waals surface area contributed by atoms with E-state index in [1.54, 1.807) is 0 Å². The molecular formula is C12H16Cl2MgO8. The third-order valence-electron chi connectivity index (χ3n) is 0.948. The summed E-state index contributed by atoms with van der Waals surface area (Å²) in [5, 5.41) is 34.0. The van der Waals surface area contributed by atoms with Crippen LogP contribution >= 0.6 is 23.2 Å². The molecule has 2 N–H and O–H groups in total. The normalized spacial score (nSPS) is 7.13. The van der Waals surface area contributed by atoms with E-state index in [0.717, 1.165) is 0 Å². The molecule has 0 aliphatic rings. The van der Waals surface area contributed by atoms with Gasteiger partial charge in [-0.25, -0.2) is 9.59 Å². The van der Waals surface area contributed by atoms with Crippen LogP contribution in [0.2, 0.25) is 0 Å². The van der Waals surface area contributed by atoms with Gasteiger partial charge in [0.1, 0.15) is 0 Å². The second-order valence-electron chi connectivity index (χ2n) is 3.18. The molecule has 0 unspecified atom stereocenters. The average molecular weight is 383 g/mol. The van der Waals surface area contributed by atoms with Crippen molar-refractivity contribution < 1.29 is 39.6 Å². The molecule has 0 fully saturated rings. The molecule has 0 amide bonds. The van der Waals surface area contributed by atoms with Crippen molar-refractivity contribution in [3.8, 4) is 0 Å². The van der Waals surface area contributed by atoms with Gasteiger partial charge in [0.25, 0.3) is 0 Å². The molecule has 0 spiro atoms. The van der Waals surface area contributed by atoms with Crippen LogP contribution in [0.15, 0.2) is 24.3 Å². The average Bonchev–Trinajstić information content (AvgIpc) is 2.40. The zero-order chi connectivity index (χ0) is 18.9. The first-order valence-corrected chi connectivity index (χ1v) is 6.19. The molecule has 0 aromatic carbocycles. The van der Waals surface area contributed by atoms with Crippen LogP contribution in [-0.4, -0.2) is 68.9 Å². The summed E-state index contributed by atoms with van der Waals surface area (Å²) in [5.74, 6) is -5.16. The van der Waals surface area contributed by atoms with E-state index in [1.165, 1.54) is 13.8 Å². The standard InChI is InChI=1S/2C4H6O2.2C2H3ClO2.Mg/c2*1-3(2)4(5)6;2*3-1-2(4)5;/h2*1H2,2H3,(H,5,6);2*1H2,(H,4,5);/q;;;;+2/p-2. The minimum atomic E-state index is -1.23. The fraction of sp³-hybridized carbons (Fsp3) is 0.333. The van der Waals surface area contributed by atoms with Gasteiger partial charge in [0.2, 0.25) is 0 Å². The van der Waals surface area contributed by atoms with Crippen LogP contribution in [0.5, 0.6) is 0 Å². The van der Waals surface area contributed by atoms with Crippen molar-refractivity contribution >= 4 is 70.1 Å². The molecular weight excluding hydrogens is 367 g/mol. The number of carboxylic acid groups (broad SMARTS) is 4. The minimum Gasteiger partial charge on any atom is -0.549 e. The van der Waals surface area contributed by atoms with E-state index < -0.39 is 35.6 Å². The van der Waals surface area contributed by atoms with Crippen molar-refractivity contribution in [2.24, 2.45) is 0 Å². The molecule has 128 valence electrons. The summed E-state index contributed by atoms with van der Waals surface area (Å²) in [6, 6.07) is 0. The van der Waals surface area contributed by atoms with Gasteiger partial charge in [0.05, 0.1) is 23.7 Å². The van der Waals surface area contributed by atoms with E-state index in [-0.39, 0.29) is 34.2 Å². The van der Waals surface area contributed by atoms with E-state index in [0.29, 0.717) is 0 Å². The Kier molecular flexibility index (Phi) is 33.3. The molecule has 11 heteroatoms. The van der Waals surface area contributed by atoms with Gasteiger partial charge in [-0.05, 0) is 13.8 Å². The topological polar surface area (TPSA) is 155 Å². The van der Waals surface area contributed by atoms with Gasteiger partial charge in [-0.15, -0.1) is 23.2 Å². The zero-order valence-corrected chi connectivity index (χ0v) is 15.6. The first kappa shape index (κ1) is 33.3. The molecule has 0 saturated heterocycles.